The number of carbonyl (C=O) groups is 5. The van der Waals surface area contributed by atoms with Crippen LogP contribution in [0.15, 0.2) is 59.1 Å². The van der Waals surface area contributed by atoms with E-state index < -0.39 is 18.0 Å². The van der Waals surface area contributed by atoms with Gasteiger partial charge in [-0.15, -0.1) is 0 Å². The van der Waals surface area contributed by atoms with Gasteiger partial charge in [0.25, 0.3) is 5.91 Å². The van der Waals surface area contributed by atoms with Crippen LogP contribution in [0.3, 0.4) is 0 Å². The van der Waals surface area contributed by atoms with Crippen LogP contribution in [0.5, 0.6) is 0 Å². The topological polar surface area (TPSA) is 147 Å². The second-order valence-electron chi connectivity index (χ2n) is 10.9. The van der Waals surface area contributed by atoms with Gasteiger partial charge >= 0.3 is 0 Å². The van der Waals surface area contributed by atoms with Crippen LogP contribution >= 0.6 is 15.9 Å². The minimum atomic E-state index is -0.835. The quantitative estimate of drug-likeness (QED) is 0.221. The Hall–Kier alpha value is -3.37. The van der Waals surface area contributed by atoms with Crippen molar-refractivity contribution in [3.05, 3.63) is 70.2 Å². The van der Waals surface area contributed by atoms with Crippen molar-refractivity contribution in [3.63, 3.8) is 0 Å². The van der Waals surface area contributed by atoms with Crippen LogP contribution in [0.2, 0.25) is 0 Å². The van der Waals surface area contributed by atoms with Crippen LogP contribution in [-0.4, -0.2) is 54.5 Å². The average molecular weight is 642 g/mol. The summed E-state index contributed by atoms with van der Waals surface area (Å²) in [5, 5.41) is 8.42. The molecule has 0 aromatic heterocycles. The number of amides is 3. The molecule has 2 aromatic carbocycles. The van der Waals surface area contributed by atoms with Crippen molar-refractivity contribution in [1.82, 2.24) is 16.0 Å². The third kappa shape index (κ3) is 10.5. The van der Waals surface area contributed by atoms with Gasteiger partial charge in [-0.3, -0.25) is 24.0 Å². The first kappa shape index (κ1) is 33.1. The average Bonchev–Trinajstić information content (AvgIpc) is 3.52. The fraction of sp³-hybridized carbons (Fsp3) is 0.469. The molecule has 1 aliphatic carbocycles. The zero-order chi connectivity index (χ0) is 30.5. The van der Waals surface area contributed by atoms with Crippen molar-refractivity contribution in [2.45, 2.75) is 70.4 Å². The first-order valence-corrected chi connectivity index (χ1v) is 15.4. The summed E-state index contributed by atoms with van der Waals surface area (Å²) >= 11 is 3.36. The molecule has 1 fully saturated rings. The smallest absolute Gasteiger partial charge is 0.251 e. The lowest BCUT2D eigenvalue weighted by molar-refractivity contribution is -0.133. The van der Waals surface area contributed by atoms with Crippen molar-refractivity contribution in [3.8, 4) is 0 Å². The standard InChI is InChI=1S/C32H41BrN4O5/c1-21(31(41)37-30(23-9-5-6-10-23)27(38)15-16-29(40)35-18-17-34)19-28(39)26(20-22-7-3-2-4-8-22)36-32(42)24-11-13-25(33)14-12-24/h2-4,7-8,11-14,21,23,26,30H,5-6,9-10,15-20,34H2,1H3,(H,35,40)(H,36,42)(H,37,41)/t21-,26+,30+/m1/s1. The number of halogens is 1. The summed E-state index contributed by atoms with van der Waals surface area (Å²) in [4.78, 5) is 64.9. The molecule has 0 radical (unpaired) electrons. The number of nitrogens with one attached hydrogen (secondary N) is 3. The highest BCUT2D eigenvalue weighted by Gasteiger charge is 2.34. The molecule has 0 heterocycles. The molecule has 2 aromatic rings. The highest BCUT2D eigenvalue weighted by Crippen LogP contribution is 2.29. The Bertz CT molecular complexity index is 1220. The van der Waals surface area contributed by atoms with Gasteiger partial charge in [-0.05, 0) is 55.0 Å². The number of nitrogens with two attached hydrogens (primary N) is 1. The summed E-state index contributed by atoms with van der Waals surface area (Å²) in [7, 11) is 0. The second kappa shape index (κ2) is 16.9. The minimum absolute atomic E-state index is 0.00693. The molecule has 0 saturated heterocycles. The van der Waals surface area contributed by atoms with Crippen LogP contribution in [0.1, 0.15) is 67.8 Å². The van der Waals surface area contributed by atoms with E-state index in [1.54, 1.807) is 31.2 Å². The summed E-state index contributed by atoms with van der Waals surface area (Å²) in [6.07, 6.45) is 3.85. The number of hydrogen-bond acceptors (Lipinski definition) is 6. The van der Waals surface area contributed by atoms with Crippen molar-refractivity contribution < 1.29 is 24.0 Å². The zero-order valence-corrected chi connectivity index (χ0v) is 25.7. The van der Waals surface area contributed by atoms with Crippen molar-refractivity contribution in [2.24, 2.45) is 17.6 Å². The van der Waals surface area contributed by atoms with Crippen molar-refractivity contribution >= 4 is 45.2 Å². The summed E-state index contributed by atoms with van der Waals surface area (Å²) in [5.41, 5.74) is 6.72. The number of carbonyl (C=O) groups excluding carboxylic acids is 5. The van der Waals surface area contributed by atoms with Gasteiger partial charge in [0.2, 0.25) is 11.8 Å². The van der Waals surface area contributed by atoms with Crippen LogP contribution in [-0.2, 0) is 25.6 Å². The summed E-state index contributed by atoms with van der Waals surface area (Å²) in [6.45, 7) is 2.31. The largest absolute Gasteiger partial charge is 0.355 e. The van der Waals surface area contributed by atoms with Gasteiger partial charge in [-0.25, -0.2) is 0 Å². The monoisotopic (exact) mass is 640 g/mol. The van der Waals surface area contributed by atoms with Gasteiger partial charge in [0, 0.05) is 48.3 Å². The maximum absolute atomic E-state index is 13.5. The maximum Gasteiger partial charge on any atom is 0.251 e. The fourth-order valence-electron chi connectivity index (χ4n) is 5.21. The van der Waals surface area contributed by atoms with E-state index in [2.05, 4.69) is 31.9 Å². The van der Waals surface area contributed by atoms with Crippen molar-refractivity contribution in [1.29, 1.82) is 0 Å². The number of ketones is 2. The molecule has 3 rings (SSSR count). The zero-order valence-electron chi connectivity index (χ0n) is 24.1. The van der Waals surface area contributed by atoms with Gasteiger partial charge in [0.05, 0.1) is 12.1 Å². The lowest BCUT2D eigenvalue weighted by Gasteiger charge is -2.26. The van der Waals surface area contributed by atoms with Crippen LogP contribution in [0, 0.1) is 11.8 Å². The van der Waals surface area contributed by atoms with Crippen LogP contribution in [0.4, 0.5) is 0 Å². The number of benzene rings is 2. The van der Waals surface area contributed by atoms with E-state index in [9.17, 15) is 24.0 Å². The van der Waals surface area contributed by atoms with Crippen molar-refractivity contribution in [2.75, 3.05) is 13.1 Å². The molecule has 3 amide bonds. The SMILES string of the molecule is C[C@H](CC(=O)[C@H](Cc1ccccc1)NC(=O)c1ccc(Br)cc1)C(=O)N[C@H](C(=O)CCC(=O)NCCN)C1CCCC1. The van der Waals surface area contributed by atoms with E-state index in [1.165, 1.54) is 0 Å². The van der Waals surface area contributed by atoms with E-state index in [-0.39, 0.29) is 60.9 Å². The Morgan fingerprint density at radius 3 is 2.21 bits per heavy atom. The lowest BCUT2D eigenvalue weighted by atomic mass is 9.90. The predicted molar refractivity (Wildman–Crippen MR) is 165 cm³/mol. The second-order valence-corrected chi connectivity index (χ2v) is 11.8. The number of hydrogen-bond donors (Lipinski definition) is 4. The molecule has 0 unspecified atom stereocenters. The van der Waals surface area contributed by atoms with Crippen LogP contribution < -0.4 is 21.7 Å². The first-order chi connectivity index (χ1) is 20.2. The lowest BCUT2D eigenvalue weighted by Crippen LogP contribution is -2.48. The molecule has 9 nitrogen and oxygen atoms in total. The normalized spacial score (nSPS) is 15.3. The summed E-state index contributed by atoms with van der Waals surface area (Å²) in [6, 6.07) is 14.7. The highest BCUT2D eigenvalue weighted by atomic mass is 79.9. The fourth-order valence-corrected chi connectivity index (χ4v) is 5.48. The highest BCUT2D eigenvalue weighted by molar-refractivity contribution is 9.10. The van der Waals surface area contributed by atoms with Gasteiger partial charge in [0.15, 0.2) is 11.6 Å². The van der Waals surface area contributed by atoms with E-state index in [1.807, 2.05) is 30.3 Å². The van der Waals surface area contributed by atoms with E-state index >= 15 is 0 Å². The summed E-state index contributed by atoms with van der Waals surface area (Å²) in [5.74, 6) is -2.18. The van der Waals surface area contributed by atoms with E-state index in [4.69, 9.17) is 5.73 Å². The molecule has 0 spiro atoms. The number of rotatable bonds is 16. The Kier molecular flexibility index (Phi) is 13.3. The third-order valence-corrected chi connectivity index (χ3v) is 8.15. The molecule has 5 N–H and O–H groups in total. The van der Waals surface area contributed by atoms with Gasteiger partial charge < -0.3 is 21.7 Å². The molecule has 42 heavy (non-hydrogen) atoms. The van der Waals surface area contributed by atoms with Gasteiger partial charge in [-0.2, -0.15) is 0 Å². The molecule has 226 valence electrons. The Morgan fingerprint density at radius 2 is 1.57 bits per heavy atom. The predicted octanol–water partition coefficient (Wildman–Crippen LogP) is 3.48. The molecule has 10 heteroatoms. The molecule has 3 atom stereocenters. The Labute approximate surface area is 255 Å². The Morgan fingerprint density at radius 1 is 0.905 bits per heavy atom. The molecule has 0 aliphatic heterocycles. The molecule has 0 bridgehead atoms. The third-order valence-electron chi connectivity index (χ3n) is 7.62. The number of Topliss-reactive ketones (excluding diaryl/α,β-unsaturated/α-hetero) is 2. The minimum Gasteiger partial charge on any atom is -0.355 e. The molecule has 1 aliphatic rings. The van der Waals surface area contributed by atoms with Gasteiger partial charge in [0.1, 0.15) is 0 Å². The van der Waals surface area contributed by atoms with E-state index in [0.29, 0.717) is 18.7 Å². The van der Waals surface area contributed by atoms with Gasteiger partial charge in [-0.1, -0.05) is 66.0 Å². The molecular weight excluding hydrogens is 600 g/mol. The summed E-state index contributed by atoms with van der Waals surface area (Å²) < 4.78 is 0.833. The first-order valence-electron chi connectivity index (χ1n) is 14.6. The Balaban J connectivity index is 1.66. The molecular formula is C32H41BrN4O5. The van der Waals surface area contributed by atoms with Crippen LogP contribution in [0.25, 0.3) is 0 Å². The van der Waals surface area contributed by atoms with E-state index in [0.717, 1.165) is 35.7 Å². The maximum atomic E-state index is 13.5. The molecule has 1 saturated carbocycles.